The van der Waals surface area contributed by atoms with Crippen molar-refractivity contribution in [1.82, 2.24) is 15.2 Å². The number of rotatable bonds is 4. The van der Waals surface area contributed by atoms with Crippen LogP contribution in [0.5, 0.6) is 0 Å². The predicted molar refractivity (Wildman–Crippen MR) is 92.3 cm³/mol. The van der Waals surface area contributed by atoms with Gasteiger partial charge in [-0.25, -0.2) is 0 Å². The number of aromatic nitrogens is 1. The molecule has 126 valence electrons. The van der Waals surface area contributed by atoms with Crippen LogP contribution < -0.4 is 5.32 Å². The van der Waals surface area contributed by atoms with E-state index in [4.69, 9.17) is 11.6 Å². The minimum Gasteiger partial charge on any atom is -0.353 e. The van der Waals surface area contributed by atoms with Crippen molar-refractivity contribution in [2.24, 2.45) is 5.92 Å². The molecule has 1 amide bonds. The van der Waals surface area contributed by atoms with Crippen LogP contribution in [-0.4, -0.2) is 34.9 Å². The summed E-state index contributed by atoms with van der Waals surface area (Å²) >= 11 is 6.18. The SMILES string of the molecule is O=C(NC1CCCCC1)C1CCN(Cc2ccncc2Cl)CC1. The largest absolute Gasteiger partial charge is 0.353 e. The second kappa shape index (κ2) is 8.11. The summed E-state index contributed by atoms with van der Waals surface area (Å²) in [7, 11) is 0. The Morgan fingerprint density at radius 1 is 1.22 bits per heavy atom. The highest BCUT2D eigenvalue weighted by Gasteiger charge is 2.27. The third kappa shape index (κ3) is 4.67. The number of nitrogens with one attached hydrogen (secondary N) is 1. The van der Waals surface area contributed by atoms with E-state index in [1.807, 2.05) is 6.07 Å². The van der Waals surface area contributed by atoms with Crippen LogP contribution >= 0.6 is 11.6 Å². The molecule has 2 fully saturated rings. The lowest BCUT2D eigenvalue weighted by Crippen LogP contribution is -2.44. The number of hydrogen-bond acceptors (Lipinski definition) is 3. The van der Waals surface area contributed by atoms with E-state index in [9.17, 15) is 4.79 Å². The maximum Gasteiger partial charge on any atom is 0.223 e. The smallest absolute Gasteiger partial charge is 0.223 e. The van der Waals surface area contributed by atoms with Gasteiger partial charge in [0.05, 0.1) is 5.02 Å². The van der Waals surface area contributed by atoms with E-state index in [0.717, 1.165) is 55.9 Å². The number of carbonyl (C=O) groups excluding carboxylic acids is 1. The van der Waals surface area contributed by atoms with Crippen molar-refractivity contribution in [2.45, 2.75) is 57.5 Å². The molecule has 23 heavy (non-hydrogen) atoms. The van der Waals surface area contributed by atoms with Gasteiger partial charge >= 0.3 is 0 Å². The van der Waals surface area contributed by atoms with E-state index >= 15 is 0 Å². The maximum absolute atomic E-state index is 12.4. The fourth-order valence-corrected chi connectivity index (χ4v) is 3.87. The molecule has 0 unspecified atom stereocenters. The second-order valence-electron chi connectivity index (χ2n) is 6.86. The number of piperidine rings is 1. The average Bonchev–Trinajstić information content (AvgIpc) is 2.58. The van der Waals surface area contributed by atoms with Gasteiger partial charge in [0.2, 0.25) is 5.91 Å². The number of hydrogen-bond donors (Lipinski definition) is 1. The van der Waals surface area contributed by atoms with Gasteiger partial charge in [-0.1, -0.05) is 30.9 Å². The topological polar surface area (TPSA) is 45.2 Å². The first-order valence-electron chi connectivity index (χ1n) is 8.83. The van der Waals surface area contributed by atoms with Crippen molar-refractivity contribution >= 4 is 17.5 Å². The molecule has 1 aromatic rings. The van der Waals surface area contributed by atoms with Crippen LogP contribution in [0.15, 0.2) is 18.5 Å². The molecule has 0 aromatic carbocycles. The molecule has 0 spiro atoms. The minimum absolute atomic E-state index is 0.182. The molecular weight excluding hydrogens is 310 g/mol. The van der Waals surface area contributed by atoms with Gasteiger partial charge in [-0.3, -0.25) is 14.7 Å². The molecule has 2 heterocycles. The van der Waals surface area contributed by atoms with Gasteiger partial charge in [0.25, 0.3) is 0 Å². The van der Waals surface area contributed by atoms with Crippen LogP contribution in [0, 0.1) is 5.92 Å². The Bertz CT molecular complexity index is 523. The number of likely N-dealkylation sites (tertiary alicyclic amines) is 1. The zero-order valence-electron chi connectivity index (χ0n) is 13.6. The summed E-state index contributed by atoms with van der Waals surface area (Å²) in [4.78, 5) is 18.8. The van der Waals surface area contributed by atoms with Crippen LogP contribution in [0.2, 0.25) is 5.02 Å². The first-order valence-corrected chi connectivity index (χ1v) is 9.21. The van der Waals surface area contributed by atoms with Gasteiger partial charge in [0, 0.05) is 30.9 Å². The average molecular weight is 336 g/mol. The molecule has 1 aromatic heterocycles. The molecule has 0 atom stereocenters. The number of carbonyl (C=O) groups is 1. The van der Waals surface area contributed by atoms with E-state index in [0.29, 0.717) is 6.04 Å². The van der Waals surface area contributed by atoms with Crippen molar-refractivity contribution in [3.63, 3.8) is 0 Å². The Kier molecular flexibility index (Phi) is 5.90. The Morgan fingerprint density at radius 3 is 2.65 bits per heavy atom. The first kappa shape index (κ1) is 16.7. The van der Waals surface area contributed by atoms with Crippen molar-refractivity contribution < 1.29 is 4.79 Å². The van der Waals surface area contributed by atoms with E-state index < -0.39 is 0 Å². The lowest BCUT2D eigenvalue weighted by Gasteiger charge is -2.32. The zero-order chi connectivity index (χ0) is 16.1. The molecular formula is C18H26ClN3O. The quantitative estimate of drug-likeness (QED) is 0.917. The van der Waals surface area contributed by atoms with Crippen molar-refractivity contribution in [1.29, 1.82) is 0 Å². The number of nitrogens with zero attached hydrogens (tertiary/aromatic N) is 2. The summed E-state index contributed by atoms with van der Waals surface area (Å²) in [5, 5.41) is 4.00. The fourth-order valence-electron chi connectivity index (χ4n) is 3.69. The molecule has 1 saturated heterocycles. The normalized spacial score (nSPS) is 21.3. The van der Waals surface area contributed by atoms with Crippen LogP contribution in [0.4, 0.5) is 0 Å². The van der Waals surface area contributed by atoms with Crippen molar-refractivity contribution in [2.75, 3.05) is 13.1 Å². The molecule has 0 radical (unpaired) electrons. The summed E-state index contributed by atoms with van der Waals surface area (Å²) < 4.78 is 0. The highest BCUT2D eigenvalue weighted by atomic mass is 35.5. The zero-order valence-corrected chi connectivity index (χ0v) is 14.4. The molecule has 1 saturated carbocycles. The Hall–Kier alpha value is -1.13. The predicted octanol–water partition coefficient (Wildman–Crippen LogP) is 3.40. The molecule has 1 aliphatic carbocycles. The molecule has 1 N–H and O–H groups in total. The summed E-state index contributed by atoms with van der Waals surface area (Å²) in [6, 6.07) is 2.40. The van der Waals surface area contributed by atoms with Gasteiger partial charge in [-0.15, -0.1) is 0 Å². The highest BCUT2D eigenvalue weighted by molar-refractivity contribution is 6.31. The summed E-state index contributed by atoms with van der Waals surface area (Å²) in [5.74, 6) is 0.458. The maximum atomic E-state index is 12.4. The van der Waals surface area contributed by atoms with Crippen LogP contribution in [0.25, 0.3) is 0 Å². The van der Waals surface area contributed by atoms with E-state index in [1.165, 1.54) is 19.3 Å². The molecule has 0 bridgehead atoms. The van der Waals surface area contributed by atoms with Crippen LogP contribution in [0.3, 0.4) is 0 Å². The standard InChI is InChI=1S/C18H26ClN3O/c19-17-12-20-9-6-15(17)13-22-10-7-14(8-11-22)18(23)21-16-4-2-1-3-5-16/h6,9,12,14,16H,1-5,7-8,10-11,13H2,(H,21,23). The van der Waals surface area contributed by atoms with Gasteiger partial charge < -0.3 is 5.32 Å². The molecule has 2 aliphatic rings. The van der Waals surface area contributed by atoms with E-state index in [2.05, 4.69) is 15.2 Å². The minimum atomic E-state index is 0.182. The molecule has 3 rings (SSSR count). The van der Waals surface area contributed by atoms with E-state index in [-0.39, 0.29) is 11.8 Å². The molecule has 1 aliphatic heterocycles. The second-order valence-corrected chi connectivity index (χ2v) is 7.27. The number of halogens is 1. The van der Waals surface area contributed by atoms with Crippen LogP contribution in [0.1, 0.15) is 50.5 Å². The Morgan fingerprint density at radius 2 is 1.96 bits per heavy atom. The molecule has 4 nitrogen and oxygen atoms in total. The summed E-state index contributed by atoms with van der Waals surface area (Å²) in [6.45, 7) is 2.77. The lowest BCUT2D eigenvalue weighted by molar-refractivity contribution is -0.127. The highest BCUT2D eigenvalue weighted by Crippen LogP contribution is 2.23. The van der Waals surface area contributed by atoms with E-state index in [1.54, 1.807) is 12.4 Å². The monoisotopic (exact) mass is 335 g/mol. The molecule has 5 heteroatoms. The Balaban J connectivity index is 1.44. The fraction of sp³-hybridized carbons (Fsp3) is 0.667. The van der Waals surface area contributed by atoms with Crippen molar-refractivity contribution in [3.05, 3.63) is 29.0 Å². The number of pyridine rings is 1. The third-order valence-electron chi connectivity index (χ3n) is 5.16. The first-order chi connectivity index (χ1) is 11.2. The Labute approximate surface area is 143 Å². The van der Waals surface area contributed by atoms with Crippen molar-refractivity contribution in [3.8, 4) is 0 Å². The van der Waals surface area contributed by atoms with Gasteiger partial charge in [-0.05, 0) is 50.4 Å². The summed E-state index contributed by atoms with van der Waals surface area (Å²) in [5.41, 5.74) is 1.12. The number of amides is 1. The third-order valence-corrected chi connectivity index (χ3v) is 5.50. The summed E-state index contributed by atoms with van der Waals surface area (Å²) in [6.07, 6.45) is 11.5. The van der Waals surface area contributed by atoms with Gasteiger partial charge in [-0.2, -0.15) is 0 Å². The van der Waals surface area contributed by atoms with Gasteiger partial charge in [0.15, 0.2) is 0 Å². The van der Waals surface area contributed by atoms with Crippen LogP contribution in [-0.2, 0) is 11.3 Å². The van der Waals surface area contributed by atoms with Gasteiger partial charge in [0.1, 0.15) is 0 Å². The lowest BCUT2D eigenvalue weighted by atomic mass is 9.92.